The Morgan fingerprint density at radius 1 is 1.50 bits per heavy atom. The zero-order valence-electron chi connectivity index (χ0n) is 9.73. The Bertz CT molecular complexity index is 454. The highest BCUT2D eigenvalue weighted by molar-refractivity contribution is 7.10. The van der Waals surface area contributed by atoms with Crippen LogP contribution in [0.4, 0.5) is 8.78 Å². The summed E-state index contributed by atoms with van der Waals surface area (Å²) in [5.74, 6) is -4.02. The molecule has 1 aromatic heterocycles. The number of carbonyl (C=O) groups excluding carboxylic acids is 1. The molecule has 0 radical (unpaired) electrons. The van der Waals surface area contributed by atoms with Crippen molar-refractivity contribution in [3.63, 3.8) is 0 Å². The van der Waals surface area contributed by atoms with Crippen molar-refractivity contribution < 1.29 is 13.6 Å². The topological polar surface area (TPSA) is 40.9 Å². The van der Waals surface area contributed by atoms with Crippen molar-refractivity contribution in [3.8, 4) is 6.07 Å². The number of carbonyl (C=O) groups is 1. The van der Waals surface area contributed by atoms with Gasteiger partial charge in [0.15, 0.2) is 5.78 Å². The molecule has 1 aliphatic rings. The van der Waals surface area contributed by atoms with Gasteiger partial charge in [0, 0.05) is 23.6 Å². The van der Waals surface area contributed by atoms with Crippen molar-refractivity contribution in [1.29, 1.82) is 5.26 Å². The third-order valence-corrected chi connectivity index (χ3v) is 4.30. The van der Waals surface area contributed by atoms with E-state index in [1.54, 1.807) is 12.1 Å². The molecule has 1 fully saturated rings. The van der Waals surface area contributed by atoms with Gasteiger partial charge in [0.05, 0.1) is 6.07 Å². The smallest absolute Gasteiger partial charge is 0.248 e. The van der Waals surface area contributed by atoms with Crippen LogP contribution in [0.15, 0.2) is 17.5 Å². The van der Waals surface area contributed by atoms with Gasteiger partial charge in [-0.1, -0.05) is 6.07 Å². The molecule has 0 amide bonds. The first-order chi connectivity index (χ1) is 8.53. The fourth-order valence-corrected chi connectivity index (χ4v) is 3.06. The minimum absolute atomic E-state index is 0.190. The number of halogens is 2. The van der Waals surface area contributed by atoms with Crippen LogP contribution in [0.2, 0.25) is 0 Å². The van der Waals surface area contributed by atoms with Crippen molar-refractivity contribution in [2.75, 3.05) is 0 Å². The first kappa shape index (κ1) is 13.2. The number of hydrogen-bond donors (Lipinski definition) is 0. The largest absolute Gasteiger partial charge is 0.297 e. The molecule has 5 heteroatoms. The molecule has 0 saturated heterocycles. The van der Waals surface area contributed by atoms with Crippen molar-refractivity contribution >= 4 is 17.1 Å². The van der Waals surface area contributed by atoms with Crippen LogP contribution in [0.5, 0.6) is 0 Å². The van der Waals surface area contributed by atoms with Gasteiger partial charge >= 0.3 is 0 Å². The molecule has 1 atom stereocenters. The molecule has 1 aromatic rings. The van der Waals surface area contributed by atoms with Crippen LogP contribution >= 0.6 is 11.3 Å². The summed E-state index contributed by atoms with van der Waals surface area (Å²) in [4.78, 5) is 12.9. The lowest BCUT2D eigenvalue weighted by atomic mass is 9.80. The fraction of sp³-hybridized carbons (Fsp3) is 0.538. The minimum Gasteiger partial charge on any atom is -0.297 e. The predicted molar refractivity (Wildman–Crippen MR) is 64.6 cm³/mol. The van der Waals surface area contributed by atoms with E-state index in [9.17, 15) is 13.6 Å². The summed E-state index contributed by atoms with van der Waals surface area (Å²) >= 11 is 1.36. The first-order valence-electron chi connectivity index (χ1n) is 5.88. The summed E-state index contributed by atoms with van der Waals surface area (Å²) in [7, 11) is 0. The summed E-state index contributed by atoms with van der Waals surface area (Å²) in [5, 5.41) is 10.9. The first-order valence-corrected chi connectivity index (χ1v) is 6.76. The molecule has 0 bridgehead atoms. The molecule has 18 heavy (non-hydrogen) atoms. The van der Waals surface area contributed by atoms with E-state index in [1.165, 1.54) is 11.3 Å². The fourth-order valence-electron chi connectivity index (χ4n) is 2.28. The highest BCUT2D eigenvalue weighted by Gasteiger charge is 2.39. The van der Waals surface area contributed by atoms with E-state index in [-0.39, 0.29) is 31.5 Å². The predicted octanol–water partition coefficient (Wildman–Crippen LogP) is 3.75. The normalized spacial score (nSPS) is 21.2. The van der Waals surface area contributed by atoms with Gasteiger partial charge in [-0.25, -0.2) is 8.78 Å². The Labute approximate surface area is 108 Å². The van der Waals surface area contributed by atoms with Crippen LogP contribution in [0.25, 0.3) is 0 Å². The molecule has 1 unspecified atom stereocenters. The Morgan fingerprint density at radius 2 is 2.17 bits per heavy atom. The van der Waals surface area contributed by atoms with E-state index in [0.717, 1.165) is 0 Å². The van der Waals surface area contributed by atoms with Crippen LogP contribution in [0, 0.1) is 17.2 Å². The average molecular weight is 269 g/mol. The maximum absolute atomic E-state index is 13.0. The second-order valence-electron chi connectivity index (χ2n) is 4.61. The number of ketones is 1. The summed E-state index contributed by atoms with van der Waals surface area (Å²) in [5.41, 5.74) is 0. The second-order valence-corrected chi connectivity index (χ2v) is 5.59. The van der Waals surface area contributed by atoms with Gasteiger partial charge in [0.2, 0.25) is 5.92 Å². The molecule has 96 valence electrons. The summed E-state index contributed by atoms with van der Waals surface area (Å²) < 4.78 is 26.0. The molecule has 1 heterocycles. The van der Waals surface area contributed by atoms with E-state index >= 15 is 0 Å². The van der Waals surface area contributed by atoms with Gasteiger partial charge in [-0.3, -0.25) is 4.79 Å². The van der Waals surface area contributed by atoms with E-state index in [4.69, 9.17) is 5.26 Å². The van der Waals surface area contributed by atoms with Crippen molar-refractivity contribution in [2.24, 2.45) is 5.92 Å². The third-order valence-electron chi connectivity index (χ3n) is 3.36. The van der Waals surface area contributed by atoms with E-state index in [0.29, 0.717) is 4.88 Å². The second kappa shape index (κ2) is 5.15. The standard InChI is InChI=1S/C13H13F2NOS/c14-13(15)5-3-9(4-6-13)12(17)10(8-16)11-2-1-7-18-11/h1-2,7,9-10H,3-6H2. The Hall–Kier alpha value is -1.28. The maximum Gasteiger partial charge on any atom is 0.248 e. The summed E-state index contributed by atoms with van der Waals surface area (Å²) in [6.45, 7) is 0. The number of thiophene rings is 1. The number of alkyl halides is 2. The van der Waals surface area contributed by atoms with Gasteiger partial charge in [0.1, 0.15) is 5.92 Å². The Kier molecular flexibility index (Phi) is 3.76. The highest BCUT2D eigenvalue weighted by atomic mass is 32.1. The number of nitrogens with zero attached hydrogens (tertiary/aromatic N) is 1. The summed E-state index contributed by atoms with van der Waals surface area (Å²) in [6.07, 6.45) is -0.108. The lowest BCUT2D eigenvalue weighted by Gasteiger charge is -2.28. The molecule has 1 aliphatic carbocycles. The molecular formula is C13H13F2NOS. The van der Waals surface area contributed by atoms with Crippen molar-refractivity contribution in [2.45, 2.75) is 37.5 Å². The third kappa shape index (κ3) is 2.75. The van der Waals surface area contributed by atoms with Gasteiger partial charge in [-0.2, -0.15) is 5.26 Å². The molecule has 2 nitrogen and oxygen atoms in total. The van der Waals surface area contributed by atoms with Gasteiger partial charge in [-0.05, 0) is 24.3 Å². The number of rotatable bonds is 3. The molecule has 0 aromatic carbocycles. The monoisotopic (exact) mass is 269 g/mol. The van der Waals surface area contributed by atoms with Crippen LogP contribution in [-0.4, -0.2) is 11.7 Å². The van der Waals surface area contributed by atoms with Crippen LogP contribution in [0.1, 0.15) is 36.5 Å². The van der Waals surface area contributed by atoms with E-state index < -0.39 is 17.8 Å². The lowest BCUT2D eigenvalue weighted by molar-refractivity contribution is -0.127. The lowest BCUT2D eigenvalue weighted by Crippen LogP contribution is -2.30. The Morgan fingerprint density at radius 3 is 2.67 bits per heavy atom. The van der Waals surface area contributed by atoms with Crippen molar-refractivity contribution in [1.82, 2.24) is 0 Å². The SMILES string of the molecule is N#CC(C(=O)C1CCC(F)(F)CC1)c1cccs1. The average Bonchev–Trinajstić information content (AvgIpc) is 2.83. The molecule has 0 spiro atoms. The number of Topliss-reactive ketones (excluding diaryl/α,β-unsaturated/α-hetero) is 1. The quantitative estimate of drug-likeness (QED) is 0.838. The molecule has 0 aliphatic heterocycles. The van der Waals surface area contributed by atoms with Gasteiger partial charge in [0.25, 0.3) is 0 Å². The molecule has 2 rings (SSSR count). The zero-order valence-corrected chi connectivity index (χ0v) is 10.6. The number of nitriles is 1. The molecule has 0 N–H and O–H groups in total. The van der Waals surface area contributed by atoms with Crippen molar-refractivity contribution in [3.05, 3.63) is 22.4 Å². The molecular weight excluding hydrogens is 256 g/mol. The van der Waals surface area contributed by atoms with E-state index in [1.807, 2.05) is 11.4 Å². The minimum atomic E-state index is -2.64. The zero-order chi connectivity index (χ0) is 13.2. The van der Waals surface area contributed by atoms with Crippen LogP contribution in [-0.2, 0) is 4.79 Å². The maximum atomic E-state index is 13.0. The molecule has 1 saturated carbocycles. The van der Waals surface area contributed by atoms with Gasteiger partial charge < -0.3 is 0 Å². The van der Waals surface area contributed by atoms with Gasteiger partial charge in [-0.15, -0.1) is 11.3 Å². The number of hydrogen-bond acceptors (Lipinski definition) is 3. The van der Waals surface area contributed by atoms with Crippen LogP contribution in [0.3, 0.4) is 0 Å². The van der Waals surface area contributed by atoms with Crippen LogP contribution < -0.4 is 0 Å². The Balaban J connectivity index is 2.06. The highest BCUT2D eigenvalue weighted by Crippen LogP contribution is 2.38. The summed E-state index contributed by atoms with van der Waals surface area (Å²) in [6, 6.07) is 5.52. The van der Waals surface area contributed by atoms with E-state index in [2.05, 4.69) is 0 Å².